The van der Waals surface area contributed by atoms with Crippen LogP contribution in [0.4, 0.5) is 0 Å². The van der Waals surface area contributed by atoms with Crippen LogP contribution in [-0.4, -0.2) is 27.3 Å². The summed E-state index contributed by atoms with van der Waals surface area (Å²) < 4.78 is 5.05. The molecule has 2 N–H and O–H groups in total. The summed E-state index contributed by atoms with van der Waals surface area (Å²) in [6.45, 7) is 1.80. The number of aryl methyl sites for hydroxylation is 1. The maximum absolute atomic E-state index is 12.5. The second-order valence-corrected chi connectivity index (χ2v) is 5.77. The zero-order valence-electron chi connectivity index (χ0n) is 12.5. The minimum Gasteiger partial charge on any atom is -0.390 e. The first kappa shape index (κ1) is 13.9. The van der Waals surface area contributed by atoms with Crippen molar-refractivity contribution in [1.29, 1.82) is 0 Å². The first-order valence-corrected chi connectivity index (χ1v) is 7.42. The molecule has 6 heteroatoms. The molecule has 0 fully saturated rings. The molecule has 0 saturated heterocycles. The number of fused-ring (bicyclic) bond motifs is 2. The first-order chi connectivity index (χ1) is 11.1. The molecule has 0 aliphatic heterocycles. The molecular formula is C17H15N3O3. The molecule has 0 saturated carbocycles. The number of carbonyl (C=O) groups is 1. The number of aliphatic hydroxyl groups excluding tert-OH is 1. The van der Waals surface area contributed by atoms with Gasteiger partial charge in [0.2, 0.25) is 0 Å². The second-order valence-electron chi connectivity index (χ2n) is 5.77. The third-order valence-corrected chi connectivity index (χ3v) is 4.26. The highest BCUT2D eigenvalue weighted by atomic mass is 16.5. The first-order valence-electron chi connectivity index (χ1n) is 7.42. The van der Waals surface area contributed by atoms with E-state index in [1.807, 2.05) is 24.3 Å². The molecule has 2 heterocycles. The normalized spacial score (nSPS) is 19.7. The number of rotatable bonds is 2. The van der Waals surface area contributed by atoms with Crippen LogP contribution in [0.1, 0.15) is 33.2 Å². The molecule has 3 aromatic rings. The molecule has 1 amide bonds. The zero-order chi connectivity index (χ0) is 16.0. The predicted molar refractivity (Wildman–Crippen MR) is 82.9 cm³/mol. The van der Waals surface area contributed by atoms with Gasteiger partial charge in [0.1, 0.15) is 0 Å². The summed E-state index contributed by atoms with van der Waals surface area (Å²) in [5.41, 5.74) is 3.54. The van der Waals surface area contributed by atoms with Gasteiger partial charge in [0.05, 0.1) is 28.8 Å². The molecule has 23 heavy (non-hydrogen) atoms. The highest BCUT2D eigenvalue weighted by Gasteiger charge is 2.32. The molecule has 116 valence electrons. The van der Waals surface area contributed by atoms with E-state index < -0.39 is 12.1 Å². The largest absolute Gasteiger partial charge is 0.390 e. The van der Waals surface area contributed by atoms with Gasteiger partial charge < -0.3 is 14.9 Å². The summed E-state index contributed by atoms with van der Waals surface area (Å²) in [7, 11) is 0. The van der Waals surface area contributed by atoms with Gasteiger partial charge in [-0.2, -0.15) is 0 Å². The van der Waals surface area contributed by atoms with E-state index in [0.717, 1.165) is 11.1 Å². The molecule has 2 atom stereocenters. The monoisotopic (exact) mass is 309 g/mol. The number of nitrogens with one attached hydrogen (secondary N) is 1. The fourth-order valence-corrected chi connectivity index (χ4v) is 3.04. The van der Waals surface area contributed by atoms with Crippen molar-refractivity contribution in [3.05, 3.63) is 58.9 Å². The number of aliphatic hydroxyl groups is 1. The highest BCUT2D eigenvalue weighted by Crippen LogP contribution is 2.31. The Hall–Kier alpha value is -2.73. The molecule has 1 aromatic carbocycles. The van der Waals surface area contributed by atoms with Crippen molar-refractivity contribution in [2.75, 3.05) is 0 Å². The quantitative estimate of drug-likeness (QED) is 0.755. The van der Waals surface area contributed by atoms with Crippen LogP contribution in [0, 0.1) is 6.92 Å². The lowest BCUT2D eigenvalue weighted by Gasteiger charge is -2.17. The van der Waals surface area contributed by atoms with Gasteiger partial charge in [-0.3, -0.25) is 4.79 Å². The summed E-state index contributed by atoms with van der Waals surface area (Å²) in [6.07, 6.45) is 1.38. The smallest absolute Gasteiger partial charge is 0.257 e. The summed E-state index contributed by atoms with van der Waals surface area (Å²) in [4.78, 5) is 16.6. The van der Waals surface area contributed by atoms with Gasteiger partial charge in [-0.05, 0) is 24.1 Å². The Morgan fingerprint density at radius 1 is 1.39 bits per heavy atom. The molecule has 1 aliphatic carbocycles. The van der Waals surface area contributed by atoms with Crippen LogP contribution in [-0.2, 0) is 6.42 Å². The van der Waals surface area contributed by atoms with Crippen LogP contribution >= 0.6 is 0 Å². The molecule has 2 unspecified atom stereocenters. The van der Waals surface area contributed by atoms with Gasteiger partial charge in [-0.25, -0.2) is 4.98 Å². The van der Waals surface area contributed by atoms with E-state index >= 15 is 0 Å². The lowest BCUT2D eigenvalue weighted by atomic mass is 10.1. The molecule has 6 nitrogen and oxygen atoms in total. The fraction of sp³-hybridized carbons (Fsp3) is 0.235. The number of nitrogens with zero attached hydrogens (tertiary/aromatic N) is 2. The molecule has 4 rings (SSSR count). The zero-order valence-corrected chi connectivity index (χ0v) is 12.5. The van der Waals surface area contributed by atoms with Crippen molar-refractivity contribution in [3.63, 3.8) is 0 Å². The highest BCUT2D eigenvalue weighted by molar-refractivity contribution is 5.97. The second kappa shape index (κ2) is 5.17. The van der Waals surface area contributed by atoms with E-state index in [9.17, 15) is 9.90 Å². The number of benzene rings is 1. The predicted octanol–water partition coefficient (Wildman–Crippen LogP) is 1.92. The Kier molecular flexibility index (Phi) is 3.12. The van der Waals surface area contributed by atoms with Crippen molar-refractivity contribution < 1.29 is 14.4 Å². The standard InChI is InChI=1S/C17H15N3O3/c1-9-13-6-11(8-18-17(13)23-20-9)16(22)19-15-12-5-3-2-4-10(12)7-14(15)21/h2-6,8,14-15,21H,7H2,1H3,(H,19,22). The van der Waals surface area contributed by atoms with Crippen molar-refractivity contribution in [2.24, 2.45) is 0 Å². The lowest BCUT2D eigenvalue weighted by molar-refractivity contribution is 0.0858. The van der Waals surface area contributed by atoms with E-state index in [4.69, 9.17) is 4.52 Å². The van der Waals surface area contributed by atoms with Gasteiger partial charge in [-0.1, -0.05) is 29.4 Å². The minimum atomic E-state index is -0.620. The molecular weight excluding hydrogens is 294 g/mol. The lowest BCUT2D eigenvalue weighted by Crippen LogP contribution is -2.33. The van der Waals surface area contributed by atoms with E-state index in [0.29, 0.717) is 28.8 Å². The number of hydrogen-bond donors (Lipinski definition) is 2. The van der Waals surface area contributed by atoms with E-state index in [1.165, 1.54) is 6.20 Å². The summed E-state index contributed by atoms with van der Waals surface area (Å²) in [6, 6.07) is 9.04. The summed E-state index contributed by atoms with van der Waals surface area (Å²) in [5.74, 6) is -0.277. The third kappa shape index (κ3) is 2.27. The van der Waals surface area contributed by atoms with Gasteiger partial charge in [0.15, 0.2) is 0 Å². The molecule has 1 aliphatic rings. The van der Waals surface area contributed by atoms with E-state index in [-0.39, 0.29) is 5.91 Å². The molecule has 0 radical (unpaired) electrons. The third-order valence-electron chi connectivity index (χ3n) is 4.26. The van der Waals surface area contributed by atoms with Crippen LogP contribution in [0.3, 0.4) is 0 Å². The Labute approximate surface area is 132 Å². The number of carbonyl (C=O) groups excluding carboxylic acids is 1. The average Bonchev–Trinajstić information content (AvgIpc) is 3.08. The van der Waals surface area contributed by atoms with Crippen LogP contribution in [0.5, 0.6) is 0 Å². The van der Waals surface area contributed by atoms with E-state index in [1.54, 1.807) is 13.0 Å². The number of pyridine rings is 1. The van der Waals surface area contributed by atoms with Gasteiger partial charge >= 0.3 is 0 Å². The Balaban J connectivity index is 1.63. The van der Waals surface area contributed by atoms with Gasteiger partial charge in [0.25, 0.3) is 11.6 Å². The topological polar surface area (TPSA) is 88.2 Å². The molecule has 2 aromatic heterocycles. The van der Waals surface area contributed by atoms with Crippen LogP contribution in [0.15, 0.2) is 41.1 Å². The van der Waals surface area contributed by atoms with Crippen LogP contribution in [0.2, 0.25) is 0 Å². The van der Waals surface area contributed by atoms with Gasteiger partial charge in [0, 0.05) is 12.6 Å². The summed E-state index contributed by atoms with van der Waals surface area (Å²) in [5, 5.41) is 17.7. The molecule has 0 spiro atoms. The van der Waals surface area contributed by atoms with Crippen molar-refractivity contribution >= 4 is 17.0 Å². The maximum atomic E-state index is 12.5. The SMILES string of the molecule is Cc1noc2ncc(C(=O)NC3c4ccccc4CC3O)cc12. The van der Waals surface area contributed by atoms with Crippen LogP contribution < -0.4 is 5.32 Å². The number of amides is 1. The number of aromatic nitrogens is 2. The van der Waals surface area contributed by atoms with E-state index in [2.05, 4.69) is 15.5 Å². The molecule has 0 bridgehead atoms. The minimum absolute atomic E-state index is 0.277. The number of hydrogen-bond acceptors (Lipinski definition) is 5. The maximum Gasteiger partial charge on any atom is 0.257 e. The average molecular weight is 309 g/mol. The Morgan fingerprint density at radius 3 is 3.09 bits per heavy atom. The Morgan fingerprint density at radius 2 is 2.22 bits per heavy atom. The fourth-order valence-electron chi connectivity index (χ4n) is 3.04. The summed E-state index contributed by atoms with van der Waals surface area (Å²) >= 11 is 0. The van der Waals surface area contributed by atoms with Crippen molar-refractivity contribution in [2.45, 2.75) is 25.5 Å². The van der Waals surface area contributed by atoms with Gasteiger partial charge in [-0.15, -0.1) is 0 Å². The Bertz CT molecular complexity index is 903. The van der Waals surface area contributed by atoms with Crippen LogP contribution in [0.25, 0.3) is 11.1 Å². The van der Waals surface area contributed by atoms with Crippen molar-refractivity contribution in [3.8, 4) is 0 Å². The van der Waals surface area contributed by atoms with Crippen molar-refractivity contribution in [1.82, 2.24) is 15.5 Å².